The predicted molar refractivity (Wildman–Crippen MR) is 87.5 cm³/mol. The van der Waals surface area contributed by atoms with E-state index in [0.717, 1.165) is 29.6 Å². The van der Waals surface area contributed by atoms with E-state index in [-0.39, 0.29) is 6.04 Å². The number of pyridine rings is 1. The Hall–Kier alpha value is -0.910. The Morgan fingerprint density at radius 3 is 3.00 bits per heavy atom. The van der Waals surface area contributed by atoms with Gasteiger partial charge in [0.1, 0.15) is 5.75 Å². The summed E-state index contributed by atoms with van der Waals surface area (Å²) >= 11 is 5.21. The maximum absolute atomic E-state index is 5.45. The number of methoxy groups -OCH3 is 1. The molecule has 1 N–H and O–H groups in total. The largest absolute Gasteiger partial charge is 0.496 e. The molecule has 0 amide bonds. The summed E-state index contributed by atoms with van der Waals surface area (Å²) < 4.78 is 6.47. The molecule has 0 saturated carbocycles. The van der Waals surface area contributed by atoms with Crippen molar-refractivity contribution in [2.45, 2.75) is 25.8 Å². The highest BCUT2D eigenvalue weighted by molar-refractivity contribution is 9.10. The minimum atomic E-state index is 0.265. The second-order valence-corrected chi connectivity index (χ2v) is 6.44. The molecule has 2 heterocycles. The minimum Gasteiger partial charge on any atom is -0.496 e. The fourth-order valence-corrected chi connectivity index (χ4v) is 3.46. The first kappa shape index (κ1) is 15.5. The Balaban J connectivity index is 2.19. The molecule has 0 radical (unpaired) electrons. The quantitative estimate of drug-likeness (QED) is 0.808. The van der Waals surface area contributed by atoms with Gasteiger partial charge in [-0.3, -0.25) is 4.98 Å². The van der Waals surface area contributed by atoms with Gasteiger partial charge in [0.2, 0.25) is 0 Å². The molecule has 0 spiro atoms. The van der Waals surface area contributed by atoms with Crippen LogP contribution >= 0.6 is 27.3 Å². The lowest BCUT2D eigenvalue weighted by Crippen LogP contribution is -2.23. The third kappa shape index (κ3) is 4.04. The average molecular weight is 355 g/mol. The lowest BCUT2D eigenvalue weighted by molar-refractivity contribution is 0.402. The van der Waals surface area contributed by atoms with Crippen LogP contribution in [-0.2, 0) is 6.42 Å². The van der Waals surface area contributed by atoms with Gasteiger partial charge in [-0.1, -0.05) is 6.92 Å². The van der Waals surface area contributed by atoms with Crippen LogP contribution in [0, 0.1) is 0 Å². The first-order chi connectivity index (χ1) is 9.74. The van der Waals surface area contributed by atoms with Gasteiger partial charge in [-0.25, -0.2) is 0 Å². The molecule has 0 saturated heterocycles. The molecule has 20 heavy (non-hydrogen) atoms. The highest BCUT2D eigenvalue weighted by atomic mass is 79.9. The van der Waals surface area contributed by atoms with Crippen LogP contribution < -0.4 is 10.1 Å². The van der Waals surface area contributed by atoms with Crippen LogP contribution in [0.25, 0.3) is 0 Å². The van der Waals surface area contributed by atoms with Crippen LogP contribution in [0.5, 0.6) is 5.75 Å². The Morgan fingerprint density at radius 2 is 2.30 bits per heavy atom. The molecule has 0 fully saturated rings. The van der Waals surface area contributed by atoms with Crippen LogP contribution in [0.4, 0.5) is 0 Å². The van der Waals surface area contributed by atoms with E-state index in [9.17, 15) is 0 Å². The first-order valence-electron chi connectivity index (χ1n) is 6.68. The molecular formula is C15H19BrN2OS. The van der Waals surface area contributed by atoms with Gasteiger partial charge >= 0.3 is 0 Å². The lowest BCUT2D eigenvalue weighted by atomic mass is 10.1. The fraction of sp³-hybridized carbons (Fsp3) is 0.400. The number of nitrogens with one attached hydrogen (secondary N) is 1. The normalized spacial score (nSPS) is 12.3. The second kappa shape index (κ2) is 7.76. The van der Waals surface area contributed by atoms with E-state index < -0.39 is 0 Å². The molecule has 108 valence electrons. The number of hydrogen-bond donors (Lipinski definition) is 1. The maximum atomic E-state index is 5.45. The molecule has 0 bridgehead atoms. The van der Waals surface area contributed by atoms with Crippen molar-refractivity contribution in [2.75, 3.05) is 13.7 Å². The van der Waals surface area contributed by atoms with Gasteiger partial charge in [0.05, 0.1) is 12.0 Å². The molecule has 0 aliphatic carbocycles. The van der Waals surface area contributed by atoms with Crippen LogP contribution in [0.15, 0.2) is 34.4 Å². The Morgan fingerprint density at radius 1 is 1.45 bits per heavy atom. The van der Waals surface area contributed by atoms with Gasteiger partial charge in [-0.2, -0.15) is 0 Å². The van der Waals surface area contributed by atoms with Gasteiger partial charge in [0.15, 0.2) is 0 Å². The molecule has 1 unspecified atom stereocenters. The summed E-state index contributed by atoms with van der Waals surface area (Å²) in [6.45, 7) is 3.17. The average Bonchev–Trinajstić information content (AvgIpc) is 2.92. The van der Waals surface area contributed by atoms with E-state index in [4.69, 9.17) is 4.74 Å². The molecule has 2 aromatic heterocycles. The minimum absolute atomic E-state index is 0.265. The van der Waals surface area contributed by atoms with Crippen LogP contribution in [0.2, 0.25) is 0 Å². The maximum Gasteiger partial charge on any atom is 0.134 e. The van der Waals surface area contributed by atoms with E-state index >= 15 is 0 Å². The standard InChI is InChI=1S/C15H19BrN2OS/c1-3-5-18-13(15-14(19-2)4-6-20-15)8-11-7-12(16)10-17-9-11/h4,6-7,9-10,13,18H,3,5,8H2,1-2H3. The molecule has 1 atom stereocenters. The summed E-state index contributed by atoms with van der Waals surface area (Å²) in [7, 11) is 1.73. The molecule has 0 aliphatic heterocycles. The third-order valence-corrected chi connectivity index (χ3v) is 4.48. The Kier molecular flexibility index (Phi) is 6.01. The van der Waals surface area contributed by atoms with Gasteiger partial charge < -0.3 is 10.1 Å². The van der Waals surface area contributed by atoms with Crippen molar-refractivity contribution < 1.29 is 4.74 Å². The van der Waals surface area contributed by atoms with Crippen molar-refractivity contribution >= 4 is 27.3 Å². The summed E-state index contributed by atoms with van der Waals surface area (Å²) in [5.74, 6) is 0.964. The zero-order valence-corrected chi connectivity index (χ0v) is 14.1. The van der Waals surface area contributed by atoms with Crippen molar-refractivity contribution in [3.8, 4) is 5.75 Å². The SMILES string of the molecule is CCCNC(Cc1cncc(Br)c1)c1sccc1OC. The summed E-state index contributed by atoms with van der Waals surface area (Å²) in [5, 5.41) is 5.68. The molecule has 3 nitrogen and oxygen atoms in total. The van der Waals surface area contributed by atoms with Crippen molar-refractivity contribution in [3.05, 3.63) is 44.8 Å². The number of thiophene rings is 1. The number of hydrogen-bond acceptors (Lipinski definition) is 4. The summed E-state index contributed by atoms with van der Waals surface area (Å²) in [4.78, 5) is 5.49. The van der Waals surface area contributed by atoms with Gasteiger partial charge in [-0.15, -0.1) is 11.3 Å². The topological polar surface area (TPSA) is 34.2 Å². The van der Waals surface area contributed by atoms with Gasteiger partial charge in [0.25, 0.3) is 0 Å². The second-order valence-electron chi connectivity index (χ2n) is 4.58. The van der Waals surface area contributed by atoms with Gasteiger partial charge in [0, 0.05) is 22.9 Å². The monoisotopic (exact) mass is 354 g/mol. The van der Waals surface area contributed by atoms with Crippen molar-refractivity contribution in [1.82, 2.24) is 10.3 Å². The van der Waals surface area contributed by atoms with E-state index in [1.54, 1.807) is 18.4 Å². The molecule has 5 heteroatoms. The Bertz CT molecular complexity index is 544. The number of aromatic nitrogens is 1. The molecular weight excluding hydrogens is 336 g/mol. The zero-order valence-electron chi connectivity index (χ0n) is 11.7. The zero-order chi connectivity index (χ0) is 14.4. The van der Waals surface area contributed by atoms with Crippen LogP contribution in [-0.4, -0.2) is 18.6 Å². The third-order valence-electron chi connectivity index (χ3n) is 3.04. The molecule has 2 rings (SSSR count). The predicted octanol–water partition coefficient (Wildman–Crippen LogP) is 4.20. The number of ether oxygens (including phenoxy) is 1. The Labute approximate surface area is 132 Å². The van der Waals surface area contributed by atoms with Gasteiger partial charge in [-0.05, 0) is 58.4 Å². The first-order valence-corrected chi connectivity index (χ1v) is 8.36. The highest BCUT2D eigenvalue weighted by Crippen LogP contribution is 2.33. The van der Waals surface area contributed by atoms with Crippen molar-refractivity contribution in [1.29, 1.82) is 0 Å². The van der Waals surface area contributed by atoms with Crippen LogP contribution in [0.3, 0.4) is 0 Å². The van der Waals surface area contributed by atoms with Crippen molar-refractivity contribution in [2.24, 2.45) is 0 Å². The molecule has 2 aromatic rings. The summed E-state index contributed by atoms with van der Waals surface area (Å²) in [5.41, 5.74) is 1.21. The van der Waals surface area contributed by atoms with E-state index in [0.29, 0.717) is 0 Å². The van der Waals surface area contributed by atoms with Crippen molar-refractivity contribution in [3.63, 3.8) is 0 Å². The summed E-state index contributed by atoms with van der Waals surface area (Å²) in [6, 6.07) is 4.41. The number of halogens is 1. The lowest BCUT2D eigenvalue weighted by Gasteiger charge is -2.18. The molecule has 0 aliphatic rings. The number of nitrogens with zero attached hydrogens (tertiary/aromatic N) is 1. The molecule has 0 aromatic carbocycles. The number of rotatable bonds is 7. The smallest absolute Gasteiger partial charge is 0.134 e. The van der Waals surface area contributed by atoms with Crippen LogP contribution in [0.1, 0.15) is 29.8 Å². The van der Waals surface area contributed by atoms with E-state index in [1.807, 2.05) is 18.5 Å². The summed E-state index contributed by atoms with van der Waals surface area (Å²) in [6.07, 6.45) is 5.75. The fourth-order valence-electron chi connectivity index (χ4n) is 2.11. The highest BCUT2D eigenvalue weighted by Gasteiger charge is 2.17. The van der Waals surface area contributed by atoms with E-state index in [2.05, 4.69) is 44.6 Å². The van der Waals surface area contributed by atoms with E-state index in [1.165, 1.54) is 10.4 Å².